The van der Waals surface area contributed by atoms with E-state index in [4.69, 9.17) is 17.3 Å². The van der Waals surface area contributed by atoms with Gasteiger partial charge in [0.1, 0.15) is 0 Å². The molecule has 0 bridgehead atoms. The zero-order valence-corrected chi connectivity index (χ0v) is 13.7. The lowest BCUT2D eigenvalue weighted by Gasteiger charge is -2.11. The largest absolute Gasteiger partial charge is 0.325 e. The lowest BCUT2D eigenvalue weighted by molar-refractivity contribution is -0.117. The topological polar surface area (TPSA) is 72.2 Å². The van der Waals surface area contributed by atoms with Gasteiger partial charge in [0.05, 0.1) is 26.8 Å². The summed E-state index contributed by atoms with van der Waals surface area (Å²) in [4.78, 5) is 12.9. The van der Waals surface area contributed by atoms with Gasteiger partial charge in [-0.25, -0.2) is 4.21 Å². The first-order valence-electron chi connectivity index (χ1n) is 6.85. The van der Waals surface area contributed by atoms with Crippen molar-refractivity contribution in [1.29, 1.82) is 0 Å². The van der Waals surface area contributed by atoms with E-state index in [0.29, 0.717) is 26.9 Å². The minimum Gasteiger partial charge on any atom is -0.325 e. The van der Waals surface area contributed by atoms with Crippen molar-refractivity contribution in [1.82, 2.24) is 0 Å². The number of hydrogen-bond donors (Lipinski definition) is 2. The molecule has 0 saturated heterocycles. The number of rotatable bonds is 5. The molecule has 2 aromatic carbocycles. The van der Waals surface area contributed by atoms with Gasteiger partial charge < -0.3 is 11.1 Å². The number of carbonyl (C=O) groups excluding carboxylic acids is 1. The Balaban J connectivity index is 2.23. The van der Waals surface area contributed by atoms with Crippen LogP contribution in [0.4, 0.5) is 5.69 Å². The second-order valence-corrected chi connectivity index (χ2v) is 6.59. The summed E-state index contributed by atoms with van der Waals surface area (Å²) in [5, 5.41) is 3.17. The normalized spacial score (nSPS) is 13.4. The van der Waals surface area contributed by atoms with Crippen molar-refractivity contribution < 1.29 is 9.00 Å². The van der Waals surface area contributed by atoms with E-state index in [1.807, 2.05) is 6.92 Å². The smallest absolute Gasteiger partial charge is 0.241 e. The van der Waals surface area contributed by atoms with E-state index in [2.05, 4.69) is 5.32 Å². The van der Waals surface area contributed by atoms with E-state index in [0.717, 1.165) is 0 Å². The van der Waals surface area contributed by atoms with Gasteiger partial charge >= 0.3 is 0 Å². The average Bonchev–Trinajstić information content (AvgIpc) is 2.54. The third-order valence-corrected chi connectivity index (χ3v) is 5.01. The Kier molecular flexibility index (Phi) is 5.71. The summed E-state index contributed by atoms with van der Waals surface area (Å²) in [6, 6.07) is 13.3. The summed E-state index contributed by atoms with van der Waals surface area (Å²) < 4.78 is 12.6. The SMILES string of the molecule is CCC(N)C(=O)Nc1cccc(S(=O)c2ccccc2Cl)c1. The van der Waals surface area contributed by atoms with Crippen LogP contribution in [-0.4, -0.2) is 16.2 Å². The Labute approximate surface area is 137 Å². The van der Waals surface area contributed by atoms with Crippen LogP contribution in [0.25, 0.3) is 0 Å². The van der Waals surface area contributed by atoms with Gasteiger partial charge in [0.2, 0.25) is 5.91 Å². The number of benzene rings is 2. The van der Waals surface area contributed by atoms with Crippen LogP contribution in [0, 0.1) is 0 Å². The highest BCUT2D eigenvalue weighted by Crippen LogP contribution is 2.25. The molecule has 2 rings (SSSR count). The van der Waals surface area contributed by atoms with Crippen molar-refractivity contribution in [2.75, 3.05) is 5.32 Å². The van der Waals surface area contributed by atoms with Crippen molar-refractivity contribution in [3.63, 3.8) is 0 Å². The highest BCUT2D eigenvalue weighted by atomic mass is 35.5. The molecule has 4 nitrogen and oxygen atoms in total. The molecule has 0 aromatic heterocycles. The maximum atomic E-state index is 12.6. The van der Waals surface area contributed by atoms with Crippen molar-refractivity contribution in [2.45, 2.75) is 29.2 Å². The zero-order valence-electron chi connectivity index (χ0n) is 12.1. The highest BCUT2D eigenvalue weighted by molar-refractivity contribution is 7.85. The van der Waals surface area contributed by atoms with Crippen LogP contribution in [0.5, 0.6) is 0 Å². The van der Waals surface area contributed by atoms with Crippen LogP contribution in [0.2, 0.25) is 5.02 Å². The lowest BCUT2D eigenvalue weighted by atomic mass is 10.2. The minimum atomic E-state index is -1.41. The zero-order chi connectivity index (χ0) is 16.1. The molecular formula is C16H17ClN2O2S. The Morgan fingerprint density at radius 2 is 2.00 bits per heavy atom. The molecule has 2 aromatic rings. The number of carbonyl (C=O) groups is 1. The van der Waals surface area contributed by atoms with E-state index in [9.17, 15) is 9.00 Å². The highest BCUT2D eigenvalue weighted by Gasteiger charge is 2.14. The van der Waals surface area contributed by atoms with Crippen LogP contribution in [0.3, 0.4) is 0 Å². The van der Waals surface area contributed by atoms with Crippen LogP contribution in [0.15, 0.2) is 58.3 Å². The quantitative estimate of drug-likeness (QED) is 0.880. The molecule has 0 heterocycles. The molecule has 3 N–H and O–H groups in total. The van der Waals surface area contributed by atoms with Crippen LogP contribution >= 0.6 is 11.6 Å². The second kappa shape index (κ2) is 7.54. The van der Waals surface area contributed by atoms with Crippen molar-refractivity contribution in [3.8, 4) is 0 Å². The monoisotopic (exact) mass is 336 g/mol. The second-order valence-electron chi connectivity index (χ2n) is 4.73. The Hall–Kier alpha value is -1.69. The van der Waals surface area contributed by atoms with Gasteiger partial charge in [0.25, 0.3) is 0 Å². The molecule has 22 heavy (non-hydrogen) atoms. The Morgan fingerprint density at radius 3 is 2.68 bits per heavy atom. The molecule has 0 aliphatic carbocycles. The molecule has 0 aliphatic heterocycles. The predicted octanol–water partition coefficient (Wildman–Crippen LogP) is 3.18. The standard InChI is InChI=1S/C16H17ClN2O2S/c1-2-14(18)16(20)19-11-6-5-7-12(10-11)22(21)15-9-4-3-8-13(15)17/h3-10,14H,2,18H2,1H3,(H,19,20). The van der Waals surface area contributed by atoms with Gasteiger partial charge in [-0.1, -0.05) is 36.7 Å². The minimum absolute atomic E-state index is 0.261. The van der Waals surface area contributed by atoms with Crippen LogP contribution < -0.4 is 11.1 Å². The number of hydrogen-bond acceptors (Lipinski definition) is 3. The maximum absolute atomic E-state index is 12.6. The van der Waals surface area contributed by atoms with Crippen molar-refractivity contribution in [2.24, 2.45) is 5.73 Å². The fourth-order valence-electron chi connectivity index (χ4n) is 1.83. The van der Waals surface area contributed by atoms with Gasteiger partial charge in [0, 0.05) is 10.6 Å². The fourth-order valence-corrected chi connectivity index (χ4v) is 3.31. The van der Waals surface area contributed by atoms with E-state index in [-0.39, 0.29) is 5.91 Å². The lowest BCUT2D eigenvalue weighted by Crippen LogP contribution is -2.34. The molecule has 0 spiro atoms. The molecule has 0 saturated carbocycles. The fraction of sp³-hybridized carbons (Fsp3) is 0.188. The predicted molar refractivity (Wildman–Crippen MR) is 89.5 cm³/mol. The summed E-state index contributed by atoms with van der Waals surface area (Å²) in [7, 11) is -1.41. The van der Waals surface area contributed by atoms with Crippen molar-refractivity contribution in [3.05, 3.63) is 53.6 Å². The third-order valence-electron chi connectivity index (χ3n) is 3.13. The number of halogens is 1. The first-order valence-corrected chi connectivity index (χ1v) is 8.38. The molecule has 2 atom stereocenters. The summed E-state index contributed by atoms with van der Waals surface area (Å²) in [6.07, 6.45) is 0.553. The molecule has 1 amide bonds. The number of nitrogens with two attached hydrogens (primary N) is 1. The van der Waals surface area contributed by atoms with Gasteiger partial charge in [-0.3, -0.25) is 4.79 Å². The summed E-state index contributed by atoms with van der Waals surface area (Å²) in [6.45, 7) is 1.84. The Bertz CT molecular complexity index is 706. The summed E-state index contributed by atoms with van der Waals surface area (Å²) in [5.41, 5.74) is 6.25. The third kappa shape index (κ3) is 3.94. The molecule has 0 aliphatic rings. The van der Waals surface area contributed by atoms with Crippen LogP contribution in [-0.2, 0) is 15.6 Å². The van der Waals surface area contributed by atoms with E-state index in [1.165, 1.54) is 0 Å². The molecule has 6 heteroatoms. The number of nitrogens with one attached hydrogen (secondary N) is 1. The first kappa shape index (κ1) is 16.7. The number of anilines is 1. The van der Waals surface area contributed by atoms with E-state index >= 15 is 0 Å². The van der Waals surface area contributed by atoms with E-state index < -0.39 is 16.8 Å². The van der Waals surface area contributed by atoms with Crippen molar-refractivity contribution >= 4 is 34.0 Å². The molecule has 0 radical (unpaired) electrons. The summed E-state index contributed by atoms with van der Waals surface area (Å²) >= 11 is 6.07. The molecule has 0 fully saturated rings. The van der Waals surface area contributed by atoms with Crippen LogP contribution in [0.1, 0.15) is 13.3 Å². The first-order chi connectivity index (χ1) is 10.5. The average molecular weight is 337 g/mol. The van der Waals surface area contributed by atoms with Gasteiger partial charge in [0.15, 0.2) is 0 Å². The number of amides is 1. The molecular weight excluding hydrogens is 320 g/mol. The van der Waals surface area contributed by atoms with Gasteiger partial charge in [-0.05, 0) is 36.8 Å². The summed E-state index contributed by atoms with van der Waals surface area (Å²) in [5.74, 6) is -0.261. The molecule has 116 valence electrons. The van der Waals surface area contributed by atoms with Gasteiger partial charge in [-0.15, -0.1) is 0 Å². The van der Waals surface area contributed by atoms with Gasteiger partial charge in [-0.2, -0.15) is 0 Å². The van der Waals surface area contributed by atoms with E-state index in [1.54, 1.807) is 48.5 Å². The molecule has 2 unspecified atom stereocenters. The maximum Gasteiger partial charge on any atom is 0.241 e. The Morgan fingerprint density at radius 1 is 1.27 bits per heavy atom.